The van der Waals surface area contributed by atoms with Crippen LogP contribution in [-0.2, 0) is 4.79 Å². The van der Waals surface area contributed by atoms with E-state index in [1.807, 2.05) is 26.0 Å². The van der Waals surface area contributed by atoms with E-state index in [9.17, 15) is 19.7 Å². The first-order valence-electron chi connectivity index (χ1n) is 13.3. The van der Waals surface area contributed by atoms with Crippen LogP contribution in [0.25, 0.3) is 6.08 Å². The molecule has 1 aromatic heterocycles. The van der Waals surface area contributed by atoms with E-state index in [0.29, 0.717) is 44.3 Å². The summed E-state index contributed by atoms with van der Waals surface area (Å²) in [4.78, 5) is 48.0. The molecule has 3 heterocycles. The van der Waals surface area contributed by atoms with Gasteiger partial charge in [-0.25, -0.2) is 4.99 Å². The predicted octanol–water partition coefficient (Wildman–Crippen LogP) is 4.27. The molecule has 0 spiro atoms. The summed E-state index contributed by atoms with van der Waals surface area (Å²) in [7, 11) is 0. The fraction of sp³-hybridized carbons (Fsp3) is 0.345. The van der Waals surface area contributed by atoms with Gasteiger partial charge in [-0.3, -0.25) is 24.3 Å². The van der Waals surface area contributed by atoms with Gasteiger partial charge in [0.2, 0.25) is 0 Å². The molecule has 0 unspecified atom stereocenters. The fourth-order valence-electron chi connectivity index (χ4n) is 5.40. The van der Waals surface area contributed by atoms with Crippen molar-refractivity contribution in [1.29, 1.82) is 0 Å². The lowest BCUT2D eigenvalue weighted by molar-refractivity contribution is -0.384. The van der Waals surface area contributed by atoms with Crippen LogP contribution in [0.4, 0.5) is 11.4 Å². The van der Waals surface area contributed by atoms with Crippen molar-refractivity contribution in [1.82, 2.24) is 9.47 Å². The Morgan fingerprint density at radius 2 is 1.85 bits per heavy atom. The van der Waals surface area contributed by atoms with Gasteiger partial charge in [0.25, 0.3) is 17.2 Å². The molecule has 1 atom stereocenters. The number of nitrogens with zero attached hydrogens (tertiary/aromatic N) is 5. The van der Waals surface area contributed by atoms with E-state index in [1.165, 1.54) is 23.5 Å². The number of allylic oxidation sites excluding steroid dienone is 1. The Morgan fingerprint density at radius 1 is 1.18 bits per heavy atom. The van der Waals surface area contributed by atoms with Crippen LogP contribution in [0.2, 0.25) is 5.02 Å². The molecule has 0 radical (unpaired) electrons. The van der Waals surface area contributed by atoms with Crippen LogP contribution in [0, 0.1) is 10.1 Å². The Labute approximate surface area is 240 Å². The summed E-state index contributed by atoms with van der Waals surface area (Å²) in [6.45, 7) is 8.38. The molecular formula is C29H30ClN5O4S. The first-order valence-corrected chi connectivity index (χ1v) is 14.5. The summed E-state index contributed by atoms with van der Waals surface area (Å²) in [5, 5.41) is 12.1. The molecule has 40 heavy (non-hydrogen) atoms. The number of rotatable bonds is 7. The standard InChI is InChI=1S/C29H30ClN5O4S/c1-4-32(5-2)28(37)25-18(3)31-29-34(26(25)19-8-10-21(30)11-9-19)27(36)24(40-29)17-20-16-22(35(38)39)12-13-23(20)33-14-6-7-15-33/h8-13,16-17,26H,4-7,14-15H2,1-3H3/b24-17-/t26-/m0/s1. The van der Waals surface area contributed by atoms with Gasteiger partial charge in [-0.05, 0) is 63.5 Å². The van der Waals surface area contributed by atoms with Gasteiger partial charge in [0.1, 0.15) is 0 Å². The molecule has 11 heteroatoms. The summed E-state index contributed by atoms with van der Waals surface area (Å²) in [6.07, 6.45) is 3.80. The quantitative estimate of drug-likeness (QED) is 0.307. The lowest BCUT2D eigenvalue weighted by Crippen LogP contribution is -2.43. The number of amides is 1. The molecular weight excluding hydrogens is 550 g/mol. The molecule has 1 fully saturated rings. The SMILES string of the molecule is CCN(CC)C(=O)C1=C(C)N=c2s/c(=C\c3cc([N+](=O)[O-])ccc3N3CCCC3)c(=O)n2[C@H]1c1ccc(Cl)cc1. The van der Waals surface area contributed by atoms with E-state index in [4.69, 9.17) is 16.6 Å². The molecule has 1 amide bonds. The third kappa shape index (κ3) is 5.09. The summed E-state index contributed by atoms with van der Waals surface area (Å²) < 4.78 is 1.96. The van der Waals surface area contributed by atoms with Crippen LogP contribution >= 0.6 is 22.9 Å². The van der Waals surface area contributed by atoms with Crippen LogP contribution in [0.1, 0.15) is 50.8 Å². The van der Waals surface area contributed by atoms with Crippen LogP contribution in [-0.4, -0.2) is 46.5 Å². The van der Waals surface area contributed by atoms with Crippen LogP contribution in [0.5, 0.6) is 0 Å². The Morgan fingerprint density at radius 3 is 2.48 bits per heavy atom. The predicted molar refractivity (Wildman–Crippen MR) is 158 cm³/mol. The number of fused-ring (bicyclic) bond motifs is 1. The van der Waals surface area contributed by atoms with Crippen molar-refractivity contribution in [2.75, 3.05) is 31.1 Å². The van der Waals surface area contributed by atoms with Gasteiger partial charge in [-0.15, -0.1) is 0 Å². The van der Waals surface area contributed by atoms with Gasteiger partial charge in [0.15, 0.2) is 4.80 Å². The highest BCUT2D eigenvalue weighted by Gasteiger charge is 2.34. The molecule has 2 aromatic carbocycles. The van der Waals surface area contributed by atoms with Crippen molar-refractivity contribution in [3.63, 3.8) is 0 Å². The highest BCUT2D eigenvalue weighted by atomic mass is 35.5. The first kappa shape index (κ1) is 27.8. The van der Waals surface area contributed by atoms with Crippen molar-refractivity contribution in [2.24, 2.45) is 4.99 Å². The van der Waals surface area contributed by atoms with E-state index in [0.717, 1.165) is 37.2 Å². The second-order valence-electron chi connectivity index (χ2n) is 9.81. The minimum Gasteiger partial charge on any atom is -0.371 e. The summed E-state index contributed by atoms with van der Waals surface area (Å²) in [6, 6.07) is 11.2. The Kier molecular flexibility index (Phi) is 7.91. The van der Waals surface area contributed by atoms with Gasteiger partial charge >= 0.3 is 0 Å². The zero-order valence-electron chi connectivity index (χ0n) is 22.6. The maximum Gasteiger partial charge on any atom is 0.271 e. The van der Waals surface area contributed by atoms with Crippen molar-refractivity contribution in [3.05, 3.63) is 99.7 Å². The minimum absolute atomic E-state index is 0.0380. The summed E-state index contributed by atoms with van der Waals surface area (Å²) in [5.41, 5.74) is 2.87. The number of benzene rings is 2. The number of carbonyl (C=O) groups is 1. The van der Waals surface area contributed by atoms with E-state index >= 15 is 0 Å². The molecule has 1 saturated heterocycles. The van der Waals surface area contributed by atoms with E-state index in [2.05, 4.69) is 4.90 Å². The monoisotopic (exact) mass is 579 g/mol. The topological polar surface area (TPSA) is 101 Å². The number of halogens is 1. The summed E-state index contributed by atoms with van der Waals surface area (Å²) >= 11 is 7.39. The number of nitro groups is 1. The zero-order chi connectivity index (χ0) is 28.6. The third-order valence-electron chi connectivity index (χ3n) is 7.44. The second kappa shape index (κ2) is 11.4. The number of hydrogen-bond acceptors (Lipinski definition) is 7. The normalized spacial score (nSPS) is 17.1. The van der Waals surface area contributed by atoms with Gasteiger partial charge in [-0.2, -0.15) is 0 Å². The van der Waals surface area contributed by atoms with Gasteiger partial charge in [0, 0.05) is 54.6 Å². The average Bonchev–Trinajstić information content (AvgIpc) is 3.57. The second-order valence-corrected chi connectivity index (χ2v) is 11.3. The highest BCUT2D eigenvalue weighted by molar-refractivity contribution is 7.07. The van der Waals surface area contributed by atoms with Crippen LogP contribution in [0.15, 0.2) is 63.5 Å². The first-order chi connectivity index (χ1) is 19.2. The number of hydrogen-bond donors (Lipinski definition) is 0. The molecule has 208 valence electrons. The number of thiazole rings is 1. The number of non-ortho nitro benzene ring substituents is 1. The zero-order valence-corrected chi connectivity index (χ0v) is 24.2. The number of carbonyl (C=O) groups excluding carboxylic acids is 1. The molecule has 3 aromatic rings. The van der Waals surface area contributed by atoms with E-state index in [-0.39, 0.29) is 17.2 Å². The smallest absolute Gasteiger partial charge is 0.271 e. The minimum atomic E-state index is -0.688. The van der Waals surface area contributed by atoms with Crippen molar-refractivity contribution in [3.8, 4) is 0 Å². The van der Waals surface area contributed by atoms with Crippen molar-refractivity contribution < 1.29 is 9.72 Å². The van der Waals surface area contributed by atoms with E-state index in [1.54, 1.807) is 40.7 Å². The summed E-state index contributed by atoms with van der Waals surface area (Å²) in [5.74, 6) is -0.171. The highest BCUT2D eigenvalue weighted by Crippen LogP contribution is 2.32. The Balaban J connectivity index is 1.73. The third-order valence-corrected chi connectivity index (χ3v) is 8.68. The molecule has 0 N–H and O–H groups in total. The average molecular weight is 580 g/mol. The maximum atomic E-state index is 14.1. The van der Waals surface area contributed by atoms with E-state index < -0.39 is 11.0 Å². The van der Waals surface area contributed by atoms with Crippen LogP contribution < -0.4 is 19.8 Å². The van der Waals surface area contributed by atoms with Crippen LogP contribution in [0.3, 0.4) is 0 Å². The Bertz CT molecular complexity index is 1680. The molecule has 9 nitrogen and oxygen atoms in total. The lowest BCUT2D eigenvalue weighted by Gasteiger charge is -2.29. The molecule has 0 bridgehead atoms. The fourth-order valence-corrected chi connectivity index (χ4v) is 6.56. The van der Waals surface area contributed by atoms with Gasteiger partial charge in [0.05, 0.1) is 26.8 Å². The molecule has 0 aliphatic carbocycles. The van der Waals surface area contributed by atoms with Crippen molar-refractivity contribution >= 4 is 46.3 Å². The van der Waals surface area contributed by atoms with Gasteiger partial charge < -0.3 is 9.80 Å². The Hall–Kier alpha value is -3.76. The van der Waals surface area contributed by atoms with Gasteiger partial charge in [-0.1, -0.05) is 35.1 Å². The number of anilines is 1. The largest absolute Gasteiger partial charge is 0.371 e. The molecule has 2 aliphatic heterocycles. The van der Waals surface area contributed by atoms with Crippen molar-refractivity contribution in [2.45, 2.75) is 39.7 Å². The molecule has 5 rings (SSSR count). The number of aromatic nitrogens is 1. The molecule has 2 aliphatic rings. The maximum absolute atomic E-state index is 14.1. The molecule has 0 saturated carbocycles. The number of likely N-dealkylation sites (N-methyl/N-ethyl adjacent to an activating group) is 1. The lowest BCUT2D eigenvalue weighted by atomic mass is 9.94. The number of nitro benzene ring substituents is 1.